The minimum absolute atomic E-state index is 0.250. The Morgan fingerprint density at radius 1 is 0.590 bits per heavy atom. The highest BCUT2D eigenvalue weighted by molar-refractivity contribution is 7.93. The summed E-state index contributed by atoms with van der Waals surface area (Å²) >= 11 is 0. The van der Waals surface area contributed by atoms with Crippen LogP contribution in [0.2, 0.25) is 5.54 Å². The van der Waals surface area contributed by atoms with E-state index in [1.807, 2.05) is 91.0 Å². The normalized spacial score (nSPS) is 19.8. The topological polar surface area (TPSA) is 54.4 Å². The zero-order chi connectivity index (χ0) is 26.9. The summed E-state index contributed by atoms with van der Waals surface area (Å²) in [4.78, 5) is 0.250. The molecule has 1 saturated carbocycles. The Kier molecular flexibility index (Phi) is 6.59. The molecule has 3 atom stereocenters. The number of aliphatic hydroxyl groups is 1. The number of aliphatic hydroxyl groups excluding tert-OH is 1. The van der Waals surface area contributed by atoms with Crippen molar-refractivity contribution in [3.05, 3.63) is 157 Å². The van der Waals surface area contributed by atoms with Crippen molar-refractivity contribution in [3.63, 3.8) is 0 Å². The third-order valence-corrected chi connectivity index (χ3v) is 16.6. The van der Waals surface area contributed by atoms with Gasteiger partial charge in [0.05, 0.1) is 11.0 Å². The smallest absolute Gasteiger partial charge is 0.186 e. The third kappa shape index (κ3) is 4.00. The largest absolute Gasteiger partial charge is 0.387 e. The summed E-state index contributed by atoms with van der Waals surface area (Å²) in [5.74, 6) is 0. The van der Waals surface area contributed by atoms with Crippen molar-refractivity contribution < 1.29 is 13.5 Å². The average Bonchev–Trinajstić information content (AvgIpc) is 3.78. The van der Waals surface area contributed by atoms with E-state index < -0.39 is 28.8 Å². The highest BCUT2D eigenvalue weighted by Crippen LogP contribution is 2.66. The number of rotatable bonds is 8. The van der Waals surface area contributed by atoms with Gasteiger partial charge < -0.3 is 5.11 Å². The monoisotopic (exact) mass is 546 g/mol. The van der Waals surface area contributed by atoms with Crippen LogP contribution in [0.1, 0.15) is 18.1 Å². The molecule has 0 amide bonds. The van der Waals surface area contributed by atoms with Gasteiger partial charge in [0.1, 0.15) is 4.75 Å². The van der Waals surface area contributed by atoms with Gasteiger partial charge in [0, 0.05) is 0 Å². The van der Waals surface area contributed by atoms with Crippen molar-refractivity contribution in [1.82, 2.24) is 0 Å². The standard InChI is InChI=1S/C34H30O3SSi/c35-33(27-16-6-1-7-17-27)34(38(36,37)28-18-8-2-9-19-28)26-32(34)39(29-20-10-3-11-21-29,30-22-12-4-13-23-30)31-24-14-5-15-25-31/h1-25,32-33,35H,26H2/t32-,33?,34-/m0/s1. The molecule has 0 saturated heterocycles. The second-order valence-electron chi connectivity index (χ2n) is 10.2. The van der Waals surface area contributed by atoms with Gasteiger partial charge in [0.25, 0.3) is 0 Å². The molecule has 0 radical (unpaired) electrons. The summed E-state index contributed by atoms with van der Waals surface area (Å²) < 4.78 is 28.1. The molecular formula is C34H30O3SSi. The summed E-state index contributed by atoms with van der Waals surface area (Å²) in [6.45, 7) is 0. The van der Waals surface area contributed by atoms with Crippen molar-refractivity contribution in [1.29, 1.82) is 0 Å². The van der Waals surface area contributed by atoms with Crippen LogP contribution in [0.5, 0.6) is 0 Å². The first-order valence-corrected chi connectivity index (χ1v) is 16.8. The highest BCUT2D eigenvalue weighted by Gasteiger charge is 2.75. The predicted octanol–water partition coefficient (Wildman–Crippen LogP) is 4.88. The van der Waals surface area contributed by atoms with Crippen LogP contribution in [0.4, 0.5) is 0 Å². The van der Waals surface area contributed by atoms with Crippen LogP contribution in [0, 0.1) is 0 Å². The molecule has 0 aliphatic heterocycles. The summed E-state index contributed by atoms with van der Waals surface area (Å²) in [5.41, 5.74) is 0.314. The Labute approximate surface area is 231 Å². The van der Waals surface area contributed by atoms with E-state index in [1.165, 1.54) is 0 Å². The lowest BCUT2D eigenvalue weighted by molar-refractivity contribution is 0.163. The van der Waals surface area contributed by atoms with Gasteiger partial charge in [0.15, 0.2) is 17.9 Å². The molecule has 0 heterocycles. The summed E-state index contributed by atoms with van der Waals surface area (Å²) in [5, 5.41) is 15.5. The third-order valence-electron chi connectivity index (χ3n) is 8.29. The first-order chi connectivity index (χ1) is 19.0. The number of hydrogen-bond acceptors (Lipinski definition) is 3. The van der Waals surface area contributed by atoms with Crippen molar-refractivity contribution in [2.24, 2.45) is 0 Å². The Hall–Kier alpha value is -3.77. The minimum Gasteiger partial charge on any atom is -0.387 e. The van der Waals surface area contributed by atoms with Crippen molar-refractivity contribution in [2.45, 2.75) is 27.7 Å². The minimum atomic E-state index is -3.95. The molecule has 1 fully saturated rings. The summed E-state index contributed by atoms with van der Waals surface area (Å²) in [6, 6.07) is 48.9. The van der Waals surface area contributed by atoms with Crippen molar-refractivity contribution >= 4 is 33.5 Å². The van der Waals surface area contributed by atoms with E-state index in [0.29, 0.717) is 12.0 Å². The fourth-order valence-electron chi connectivity index (χ4n) is 6.47. The van der Waals surface area contributed by atoms with Crippen LogP contribution in [0.15, 0.2) is 157 Å². The molecule has 5 aromatic carbocycles. The average molecular weight is 547 g/mol. The zero-order valence-corrected chi connectivity index (χ0v) is 23.3. The van der Waals surface area contributed by atoms with Gasteiger partial charge >= 0.3 is 0 Å². The molecule has 39 heavy (non-hydrogen) atoms. The predicted molar refractivity (Wildman–Crippen MR) is 160 cm³/mol. The maximum atomic E-state index is 14.7. The SMILES string of the molecule is O=S(=O)(c1ccccc1)[C@@]1(C(O)c2ccccc2)C[C@@H]1[Si](c1ccccc1)(c1ccccc1)c1ccccc1. The number of sulfone groups is 1. The number of hydrogen-bond donors (Lipinski definition) is 1. The van der Waals surface area contributed by atoms with E-state index in [0.717, 1.165) is 15.6 Å². The zero-order valence-electron chi connectivity index (χ0n) is 21.5. The maximum Gasteiger partial charge on any atom is 0.186 e. The lowest BCUT2D eigenvalue weighted by atomic mass is 10.1. The Morgan fingerprint density at radius 3 is 1.36 bits per heavy atom. The Balaban J connectivity index is 1.68. The fourth-order valence-corrected chi connectivity index (χ4v) is 15.7. The second kappa shape index (κ2) is 10.1. The van der Waals surface area contributed by atoms with E-state index in [-0.39, 0.29) is 10.4 Å². The Morgan fingerprint density at radius 2 is 0.949 bits per heavy atom. The van der Waals surface area contributed by atoms with Crippen LogP contribution in [-0.2, 0) is 9.84 Å². The molecule has 5 aromatic rings. The summed E-state index contributed by atoms with van der Waals surface area (Å²) in [6.07, 6.45) is -0.817. The van der Waals surface area contributed by atoms with E-state index >= 15 is 0 Å². The lowest BCUT2D eigenvalue weighted by Gasteiger charge is -2.37. The van der Waals surface area contributed by atoms with Crippen LogP contribution in [0.3, 0.4) is 0 Å². The van der Waals surface area contributed by atoms with Crippen LogP contribution in [0.25, 0.3) is 0 Å². The second-order valence-corrected chi connectivity index (χ2v) is 16.5. The van der Waals surface area contributed by atoms with Crippen LogP contribution < -0.4 is 15.6 Å². The molecule has 1 N–H and O–H groups in total. The molecule has 194 valence electrons. The van der Waals surface area contributed by atoms with Gasteiger partial charge in [-0.15, -0.1) is 0 Å². The Bertz CT molecular complexity index is 1550. The van der Waals surface area contributed by atoms with Gasteiger partial charge in [0.2, 0.25) is 0 Å². The van der Waals surface area contributed by atoms with Gasteiger partial charge in [-0.3, -0.25) is 0 Å². The molecule has 0 aromatic heterocycles. The van der Waals surface area contributed by atoms with E-state index in [2.05, 4.69) is 36.4 Å². The van der Waals surface area contributed by atoms with Gasteiger partial charge in [-0.2, -0.15) is 0 Å². The van der Waals surface area contributed by atoms with Crippen LogP contribution >= 0.6 is 0 Å². The molecule has 1 aliphatic carbocycles. The van der Waals surface area contributed by atoms with Crippen molar-refractivity contribution in [2.75, 3.05) is 0 Å². The molecule has 0 spiro atoms. The van der Waals surface area contributed by atoms with Crippen LogP contribution in [-0.4, -0.2) is 26.3 Å². The first-order valence-electron chi connectivity index (χ1n) is 13.2. The van der Waals surface area contributed by atoms with Gasteiger partial charge in [-0.25, -0.2) is 8.42 Å². The quantitative estimate of drug-likeness (QED) is 0.223. The molecule has 1 aliphatic rings. The van der Waals surface area contributed by atoms with Crippen molar-refractivity contribution in [3.8, 4) is 0 Å². The van der Waals surface area contributed by atoms with Gasteiger partial charge in [-0.05, 0) is 45.2 Å². The molecule has 6 rings (SSSR count). The molecule has 1 unspecified atom stereocenters. The van der Waals surface area contributed by atoms with E-state index in [1.54, 1.807) is 24.3 Å². The van der Waals surface area contributed by atoms with E-state index in [4.69, 9.17) is 0 Å². The first kappa shape index (κ1) is 25.5. The lowest BCUT2D eigenvalue weighted by Crippen LogP contribution is -2.69. The molecule has 3 nitrogen and oxygen atoms in total. The summed E-state index contributed by atoms with van der Waals surface area (Å²) in [7, 11) is -6.95. The number of benzene rings is 5. The maximum absolute atomic E-state index is 14.7. The van der Waals surface area contributed by atoms with E-state index in [9.17, 15) is 13.5 Å². The molecular weight excluding hydrogens is 517 g/mol. The molecule has 0 bridgehead atoms. The highest BCUT2D eigenvalue weighted by atomic mass is 32.2. The fraction of sp³-hybridized carbons (Fsp3) is 0.118. The van der Waals surface area contributed by atoms with Gasteiger partial charge in [-0.1, -0.05) is 140 Å². The molecule has 5 heteroatoms.